The third-order valence-corrected chi connectivity index (χ3v) is 2.72. The lowest BCUT2D eigenvalue weighted by Crippen LogP contribution is -2.43. The molecule has 0 aliphatic heterocycles. The number of benzene rings is 1. The fourth-order valence-electron chi connectivity index (χ4n) is 1.68. The topological polar surface area (TPSA) is 94.1 Å². The lowest BCUT2D eigenvalue weighted by atomic mass is 10.2. The Hall–Kier alpha value is -2.12. The van der Waals surface area contributed by atoms with Crippen molar-refractivity contribution < 1.29 is 28.9 Å². The Labute approximate surface area is 141 Å². The predicted molar refractivity (Wildman–Crippen MR) is 87.3 cm³/mol. The van der Waals surface area contributed by atoms with E-state index < -0.39 is 23.7 Å². The standard InChI is InChI=1S/C17H25NO6/c1-17(2,3)24-16(21)18-14(9-19)11-22-12-15(20)23-10-13-7-5-4-6-8-13/h4-8,14,19H,9-12H2,1-3H3,(H,18,21)/t14-/m1/s1. The minimum atomic E-state index is -0.665. The molecule has 0 saturated carbocycles. The van der Waals surface area contributed by atoms with Crippen molar-refractivity contribution in [3.63, 3.8) is 0 Å². The van der Waals surface area contributed by atoms with E-state index in [4.69, 9.17) is 14.2 Å². The van der Waals surface area contributed by atoms with Gasteiger partial charge in [0.2, 0.25) is 0 Å². The predicted octanol–water partition coefficient (Wildman–Crippen LogP) is 1.63. The van der Waals surface area contributed by atoms with Crippen LogP contribution >= 0.6 is 0 Å². The summed E-state index contributed by atoms with van der Waals surface area (Å²) in [5.74, 6) is -0.521. The Bertz CT molecular complexity index is 512. The molecule has 1 aromatic rings. The zero-order valence-corrected chi connectivity index (χ0v) is 14.3. The number of ether oxygens (including phenoxy) is 3. The largest absolute Gasteiger partial charge is 0.459 e. The molecule has 0 aliphatic rings. The van der Waals surface area contributed by atoms with Gasteiger partial charge < -0.3 is 24.6 Å². The maximum Gasteiger partial charge on any atom is 0.408 e. The Balaban J connectivity index is 2.23. The number of amides is 1. The second-order valence-corrected chi connectivity index (χ2v) is 6.19. The monoisotopic (exact) mass is 339 g/mol. The minimum absolute atomic E-state index is 0.0316. The van der Waals surface area contributed by atoms with Crippen LogP contribution in [0.15, 0.2) is 30.3 Å². The van der Waals surface area contributed by atoms with Gasteiger partial charge in [0, 0.05) is 0 Å². The van der Waals surface area contributed by atoms with Crippen LogP contribution in [0.5, 0.6) is 0 Å². The number of carbonyl (C=O) groups is 2. The molecular weight excluding hydrogens is 314 g/mol. The fourth-order valence-corrected chi connectivity index (χ4v) is 1.68. The van der Waals surface area contributed by atoms with E-state index in [9.17, 15) is 14.7 Å². The van der Waals surface area contributed by atoms with Crippen LogP contribution in [0.1, 0.15) is 26.3 Å². The van der Waals surface area contributed by atoms with Crippen molar-refractivity contribution in [2.75, 3.05) is 19.8 Å². The molecule has 1 atom stereocenters. The molecule has 0 saturated heterocycles. The van der Waals surface area contributed by atoms with E-state index in [1.54, 1.807) is 20.8 Å². The third kappa shape index (κ3) is 9.12. The maximum atomic E-state index is 11.6. The van der Waals surface area contributed by atoms with Crippen molar-refractivity contribution in [2.24, 2.45) is 0 Å². The van der Waals surface area contributed by atoms with Crippen molar-refractivity contribution in [1.82, 2.24) is 5.32 Å². The molecule has 0 heterocycles. The smallest absolute Gasteiger partial charge is 0.408 e. The lowest BCUT2D eigenvalue weighted by Gasteiger charge is -2.22. The highest BCUT2D eigenvalue weighted by atomic mass is 16.6. The van der Waals surface area contributed by atoms with E-state index in [2.05, 4.69) is 5.32 Å². The van der Waals surface area contributed by atoms with Gasteiger partial charge in [0.15, 0.2) is 0 Å². The van der Waals surface area contributed by atoms with Gasteiger partial charge in [-0.15, -0.1) is 0 Å². The van der Waals surface area contributed by atoms with E-state index in [1.165, 1.54) is 0 Å². The van der Waals surface area contributed by atoms with Crippen LogP contribution in [0.25, 0.3) is 0 Å². The lowest BCUT2D eigenvalue weighted by molar-refractivity contribution is -0.150. The van der Waals surface area contributed by atoms with Crippen molar-refractivity contribution in [2.45, 2.75) is 39.0 Å². The molecule has 0 fully saturated rings. The Morgan fingerprint density at radius 3 is 2.46 bits per heavy atom. The van der Waals surface area contributed by atoms with E-state index in [1.807, 2.05) is 30.3 Å². The summed E-state index contributed by atoms with van der Waals surface area (Å²) in [4.78, 5) is 23.2. The van der Waals surface area contributed by atoms with Crippen LogP contribution in [0, 0.1) is 0 Å². The minimum Gasteiger partial charge on any atom is -0.459 e. The SMILES string of the molecule is CC(C)(C)OC(=O)N[C@H](CO)COCC(=O)OCc1ccccc1. The first kappa shape index (κ1) is 19.9. The van der Waals surface area contributed by atoms with Gasteiger partial charge >= 0.3 is 12.1 Å². The van der Waals surface area contributed by atoms with Gasteiger partial charge in [-0.05, 0) is 26.3 Å². The molecule has 0 unspecified atom stereocenters. The highest BCUT2D eigenvalue weighted by molar-refractivity contribution is 5.70. The van der Waals surface area contributed by atoms with Gasteiger partial charge in [-0.1, -0.05) is 30.3 Å². The van der Waals surface area contributed by atoms with E-state index in [0.29, 0.717) is 0 Å². The highest BCUT2D eigenvalue weighted by Crippen LogP contribution is 2.06. The van der Waals surface area contributed by atoms with Crippen molar-refractivity contribution in [3.05, 3.63) is 35.9 Å². The van der Waals surface area contributed by atoms with Crippen molar-refractivity contribution in [3.8, 4) is 0 Å². The number of esters is 1. The summed E-state index contributed by atoms with van der Waals surface area (Å²) in [6.45, 7) is 4.75. The van der Waals surface area contributed by atoms with E-state index in [0.717, 1.165) is 5.56 Å². The first-order valence-electron chi connectivity index (χ1n) is 7.68. The fraction of sp³-hybridized carbons (Fsp3) is 0.529. The molecule has 0 spiro atoms. The zero-order chi connectivity index (χ0) is 18.0. The van der Waals surface area contributed by atoms with Crippen LogP contribution in [0.4, 0.5) is 4.79 Å². The summed E-state index contributed by atoms with van der Waals surface area (Å²) in [5, 5.41) is 11.7. The van der Waals surface area contributed by atoms with Crippen LogP contribution < -0.4 is 5.32 Å². The molecule has 1 amide bonds. The van der Waals surface area contributed by atoms with Gasteiger partial charge in [0.25, 0.3) is 0 Å². The number of aliphatic hydroxyl groups excluding tert-OH is 1. The van der Waals surface area contributed by atoms with E-state index >= 15 is 0 Å². The first-order chi connectivity index (χ1) is 11.3. The second kappa shape index (κ2) is 9.89. The van der Waals surface area contributed by atoms with Crippen molar-refractivity contribution in [1.29, 1.82) is 0 Å². The summed E-state index contributed by atoms with van der Waals surface area (Å²) in [5.41, 5.74) is 0.248. The number of carbonyl (C=O) groups excluding carboxylic acids is 2. The summed E-state index contributed by atoms with van der Waals surface area (Å²) in [6, 6.07) is 8.62. The normalized spacial score (nSPS) is 12.3. The first-order valence-corrected chi connectivity index (χ1v) is 7.68. The maximum absolute atomic E-state index is 11.6. The van der Waals surface area contributed by atoms with Gasteiger partial charge in [-0.2, -0.15) is 0 Å². The molecule has 1 rings (SSSR count). The second-order valence-electron chi connectivity index (χ2n) is 6.19. The van der Waals surface area contributed by atoms with E-state index in [-0.39, 0.29) is 26.4 Å². The highest BCUT2D eigenvalue weighted by Gasteiger charge is 2.19. The summed E-state index contributed by atoms with van der Waals surface area (Å²) < 4.78 is 15.3. The van der Waals surface area contributed by atoms with Crippen LogP contribution in [-0.4, -0.2) is 48.6 Å². The molecule has 7 nitrogen and oxygen atoms in total. The number of hydrogen-bond donors (Lipinski definition) is 2. The van der Waals surface area contributed by atoms with Gasteiger partial charge in [0.1, 0.15) is 18.8 Å². The number of nitrogens with one attached hydrogen (secondary N) is 1. The number of hydrogen-bond acceptors (Lipinski definition) is 6. The quantitative estimate of drug-likeness (QED) is 0.699. The summed E-state index contributed by atoms with van der Waals surface area (Å²) in [7, 11) is 0. The molecule has 2 N–H and O–H groups in total. The van der Waals surface area contributed by atoms with Crippen LogP contribution in [0.3, 0.4) is 0 Å². The molecule has 134 valence electrons. The molecule has 0 aliphatic carbocycles. The third-order valence-electron chi connectivity index (χ3n) is 2.72. The number of alkyl carbamates (subject to hydrolysis) is 1. The molecular formula is C17H25NO6. The van der Waals surface area contributed by atoms with Gasteiger partial charge in [-0.3, -0.25) is 0 Å². The molecule has 0 bridgehead atoms. The molecule has 7 heteroatoms. The zero-order valence-electron chi connectivity index (χ0n) is 14.3. The summed E-state index contributed by atoms with van der Waals surface area (Å²) in [6.07, 6.45) is -0.656. The van der Waals surface area contributed by atoms with Gasteiger partial charge in [0.05, 0.1) is 19.3 Å². The molecule has 0 aromatic heterocycles. The molecule has 24 heavy (non-hydrogen) atoms. The van der Waals surface area contributed by atoms with Crippen LogP contribution in [0.2, 0.25) is 0 Å². The average molecular weight is 339 g/mol. The molecule has 0 radical (unpaired) electrons. The van der Waals surface area contributed by atoms with Gasteiger partial charge in [-0.25, -0.2) is 9.59 Å². The van der Waals surface area contributed by atoms with Crippen LogP contribution in [-0.2, 0) is 25.6 Å². The van der Waals surface area contributed by atoms with Crippen molar-refractivity contribution >= 4 is 12.1 Å². The molecule has 1 aromatic carbocycles. The Kier molecular flexibility index (Phi) is 8.21. The number of rotatable bonds is 8. The Morgan fingerprint density at radius 1 is 1.21 bits per heavy atom. The Morgan fingerprint density at radius 2 is 1.88 bits per heavy atom. The summed E-state index contributed by atoms with van der Waals surface area (Å²) >= 11 is 0. The average Bonchev–Trinajstić information content (AvgIpc) is 2.51. The number of aliphatic hydroxyl groups is 1.